The molecule has 41 heavy (non-hydrogen) atoms. The van der Waals surface area contributed by atoms with Crippen LogP contribution in [0.15, 0.2) is 91.5 Å². The van der Waals surface area contributed by atoms with Crippen LogP contribution in [0.3, 0.4) is 0 Å². The summed E-state index contributed by atoms with van der Waals surface area (Å²) in [5.74, 6) is 1.22. The van der Waals surface area contributed by atoms with E-state index in [1.54, 1.807) is 7.11 Å². The first-order valence-electron chi connectivity index (χ1n) is 15.3. The molecule has 0 radical (unpaired) electrons. The van der Waals surface area contributed by atoms with E-state index in [-0.39, 0.29) is 5.91 Å². The first kappa shape index (κ1) is 28.9. The summed E-state index contributed by atoms with van der Waals surface area (Å²) in [7, 11) is 1.68. The maximum Gasteiger partial charge on any atom is 0.254 e. The van der Waals surface area contributed by atoms with Gasteiger partial charge in [-0.05, 0) is 49.1 Å². The normalized spacial score (nSPS) is 16.5. The van der Waals surface area contributed by atoms with E-state index in [1.807, 2.05) is 17.0 Å². The van der Waals surface area contributed by atoms with Crippen LogP contribution in [0.2, 0.25) is 0 Å². The minimum Gasteiger partial charge on any atom is -0.497 e. The number of carbonyl (C=O) groups excluding carboxylic acids is 1. The summed E-state index contributed by atoms with van der Waals surface area (Å²) in [5, 5.41) is 0. The first-order valence-corrected chi connectivity index (χ1v) is 15.3. The number of nitrogens with zero attached hydrogens (tertiary/aromatic N) is 3. The van der Waals surface area contributed by atoms with E-state index in [2.05, 4.69) is 89.2 Å². The van der Waals surface area contributed by atoms with Crippen LogP contribution in [0, 0.1) is 0 Å². The first-order chi connectivity index (χ1) is 20.2. The fraction of sp³-hybridized carbons (Fsp3) is 0.417. The molecule has 1 aliphatic heterocycles. The minimum atomic E-state index is 0.0865. The molecule has 3 aromatic carbocycles. The third-order valence-electron chi connectivity index (χ3n) is 8.85. The Kier molecular flexibility index (Phi) is 10.1. The van der Waals surface area contributed by atoms with E-state index in [9.17, 15) is 4.79 Å². The summed E-state index contributed by atoms with van der Waals surface area (Å²) in [6, 6.07) is 28.1. The molecule has 2 fully saturated rings. The molecule has 5 heteroatoms. The summed E-state index contributed by atoms with van der Waals surface area (Å²) >= 11 is 0. The second kappa shape index (κ2) is 14.4. The van der Waals surface area contributed by atoms with E-state index in [0.717, 1.165) is 63.4 Å². The number of carbonyl (C=O) groups is 1. The molecule has 216 valence electrons. The quantitative estimate of drug-likeness (QED) is 0.241. The van der Waals surface area contributed by atoms with Gasteiger partial charge in [-0.1, -0.05) is 86.0 Å². The molecule has 0 N–H and O–H groups in total. The lowest BCUT2D eigenvalue weighted by Gasteiger charge is -2.37. The molecular formula is C36H45N3O2. The monoisotopic (exact) mass is 551 g/mol. The van der Waals surface area contributed by atoms with Crippen molar-refractivity contribution in [2.24, 2.45) is 0 Å². The molecule has 1 heterocycles. The average molecular weight is 552 g/mol. The lowest BCUT2D eigenvalue weighted by molar-refractivity contribution is 0.0662. The summed E-state index contributed by atoms with van der Waals surface area (Å²) in [5.41, 5.74) is 4.54. The molecule has 1 saturated heterocycles. The highest BCUT2D eigenvalue weighted by Gasteiger charge is 2.27. The molecule has 0 spiro atoms. The number of methoxy groups -OCH3 is 1. The van der Waals surface area contributed by atoms with Gasteiger partial charge in [0.25, 0.3) is 5.91 Å². The van der Waals surface area contributed by atoms with Crippen molar-refractivity contribution in [3.63, 3.8) is 0 Å². The molecule has 0 unspecified atom stereocenters. The van der Waals surface area contributed by atoms with E-state index in [1.165, 1.54) is 30.4 Å². The Labute approximate surface area is 246 Å². The fourth-order valence-electron chi connectivity index (χ4n) is 6.54. The average Bonchev–Trinajstić information content (AvgIpc) is 3.05. The van der Waals surface area contributed by atoms with Crippen molar-refractivity contribution >= 4 is 11.6 Å². The number of anilines is 1. The topological polar surface area (TPSA) is 36.0 Å². The molecule has 1 saturated carbocycles. The molecule has 3 aromatic rings. The third-order valence-corrected chi connectivity index (χ3v) is 8.85. The van der Waals surface area contributed by atoms with Gasteiger partial charge in [0, 0.05) is 62.0 Å². The largest absolute Gasteiger partial charge is 0.497 e. The lowest BCUT2D eigenvalue weighted by Crippen LogP contribution is -2.47. The van der Waals surface area contributed by atoms with E-state index in [0.29, 0.717) is 24.1 Å². The third kappa shape index (κ3) is 7.39. The maximum absolute atomic E-state index is 13.8. The van der Waals surface area contributed by atoms with Crippen molar-refractivity contribution in [3.8, 4) is 5.75 Å². The standard InChI is InChI=1S/C36H45N3O2/c1-3-20-39(32-17-11-6-12-18-32)36(40)31-26-33(28-34(27-31)41-2)38-24-22-37(23-25-38)21-19-35(29-13-7-4-8-14-29)30-15-9-5-10-16-30/h3-5,7-10,13-16,26-28,32,35H,1,6,11-12,17-25H2,2H3. The summed E-state index contributed by atoms with van der Waals surface area (Å²) in [6.07, 6.45) is 8.75. The Morgan fingerprint density at radius 2 is 1.56 bits per heavy atom. The lowest BCUT2D eigenvalue weighted by atomic mass is 9.88. The molecule has 1 aliphatic carbocycles. The van der Waals surface area contributed by atoms with Gasteiger partial charge in [-0.2, -0.15) is 0 Å². The Morgan fingerprint density at radius 3 is 2.15 bits per heavy atom. The van der Waals surface area contributed by atoms with Crippen LogP contribution in [0.25, 0.3) is 0 Å². The van der Waals surface area contributed by atoms with Crippen molar-refractivity contribution < 1.29 is 9.53 Å². The number of rotatable bonds is 11. The number of piperazine rings is 1. The highest BCUT2D eigenvalue weighted by molar-refractivity contribution is 5.96. The molecule has 0 bridgehead atoms. The Hall–Kier alpha value is -3.57. The van der Waals surface area contributed by atoms with Gasteiger partial charge in [-0.25, -0.2) is 0 Å². The summed E-state index contributed by atoms with van der Waals surface area (Å²) in [4.78, 5) is 20.8. The minimum absolute atomic E-state index is 0.0865. The molecule has 0 aromatic heterocycles. The molecule has 1 amide bonds. The van der Waals surface area contributed by atoms with E-state index in [4.69, 9.17) is 4.74 Å². The smallest absolute Gasteiger partial charge is 0.254 e. The zero-order chi connectivity index (χ0) is 28.4. The second-order valence-corrected chi connectivity index (χ2v) is 11.4. The van der Waals surface area contributed by atoms with Crippen molar-refractivity contribution in [2.45, 2.75) is 50.5 Å². The highest BCUT2D eigenvalue weighted by Crippen LogP contribution is 2.30. The van der Waals surface area contributed by atoms with Crippen LogP contribution in [-0.4, -0.2) is 68.1 Å². The van der Waals surface area contributed by atoms with Crippen molar-refractivity contribution in [1.29, 1.82) is 0 Å². The number of amides is 1. The van der Waals surface area contributed by atoms with Gasteiger partial charge >= 0.3 is 0 Å². The number of benzene rings is 3. The van der Waals surface area contributed by atoms with E-state index >= 15 is 0 Å². The van der Waals surface area contributed by atoms with Gasteiger partial charge in [0.15, 0.2) is 0 Å². The van der Waals surface area contributed by atoms with E-state index < -0.39 is 0 Å². The zero-order valence-electron chi connectivity index (χ0n) is 24.6. The Bertz CT molecular complexity index is 1210. The van der Waals surface area contributed by atoms with Gasteiger partial charge in [-0.15, -0.1) is 6.58 Å². The van der Waals surface area contributed by atoms with Crippen LogP contribution in [-0.2, 0) is 0 Å². The van der Waals surface area contributed by atoms with Crippen LogP contribution >= 0.6 is 0 Å². The fourth-order valence-corrected chi connectivity index (χ4v) is 6.54. The predicted octanol–water partition coefficient (Wildman–Crippen LogP) is 7.00. The SMILES string of the molecule is C=CCN(C(=O)c1cc(OC)cc(N2CCN(CCC(c3ccccc3)c3ccccc3)CC2)c1)C1CCCCC1. The van der Waals surface area contributed by atoms with Crippen molar-refractivity contribution in [1.82, 2.24) is 9.80 Å². The van der Waals surface area contributed by atoms with Crippen LogP contribution < -0.4 is 9.64 Å². The Morgan fingerprint density at radius 1 is 0.927 bits per heavy atom. The van der Waals surface area contributed by atoms with Gasteiger partial charge in [0.05, 0.1) is 7.11 Å². The molecule has 5 nitrogen and oxygen atoms in total. The van der Waals surface area contributed by atoms with Gasteiger partial charge < -0.3 is 14.5 Å². The Balaban J connectivity index is 1.24. The van der Waals surface area contributed by atoms with Crippen molar-refractivity contribution in [3.05, 3.63) is 108 Å². The van der Waals surface area contributed by atoms with Gasteiger partial charge in [-0.3, -0.25) is 9.69 Å². The van der Waals surface area contributed by atoms with Crippen molar-refractivity contribution in [2.75, 3.05) is 51.3 Å². The van der Waals surface area contributed by atoms with Crippen LogP contribution in [0.5, 0.6) is 5.75 Å². The predicted molar refractivity (Wildman–Crippen MR) is 169 cm³/mol. The summed E-state index contributed by atoms with van der Waals surface area (Å²) < 4.78 is 5.66. The number of ether oxygens (including phenoxy) is 1. The zero-order valence-corrected chi connectivity index (χ0v) is 24.6. The summed E-state index contributed by atoms with van der Waals surface area (Å²) in [6.45, 7) is 9.44. The molecule has 2 aliphatic rings. The number of hydrogen-bond donors (Lipinski definition) is 0. The molecule has 5 rings (SSSR count). The maximum atomic E-state index is 13.8. The highest BCUT2D eigenvalue weighted by atomic mass is 16.5. The second-order valence-electron chi connectivity index (χ2n) is 11.4. The van der Waals surface area contributed by atoms with Gasteiger partial charge in [0.1, 0.15) is 5.75 Å². The van der Waals surface area contributed by atoms with Gasteiger partial charge in [0.2, 0.25) is 0 Å². The number of hydrogen-bond acceptors (Lipinski definition) is 4. The molecule has 0 atom stereocenters. The molecular weight excluding hydrogens is 506 g/mol. The van der Waals surface area contributed by atoms with Crippen LogP contribution in [0.1, 0.15) is 65.9 Å². The van der Waals surface area contributed by atoms with Crippen LogP contribution in [0.4, 0.5) is 5.69 Å².